The van der Waals surface area contributed by atoms with Gasteiger partial charge < -0.3 is 9.84 Å². The Morgan fingerprint density at radius 3 is 2.50 bits per heavy atom. The Morgan fingerprint density at radius 1 is 1.31 bits per heavy atom. The third-order valence-electron chi connectivity index (χ3n) is 2.97. The molecule has 0 spiro atoms. The number of hydrogen-bond acceptors (Lipinski definition) is 2. The number of aliphatic hydroxyl groups is 1. The second-order valence-corrected chi connectivity index (χ2v) is 4.11. The van der Waals surface area contributed by atoms with E-state index in [2.05, 4.69) is 0 Å². The van der Waals surface area contributed by atoms with Crippen molar-refractivity contribution in [1.82, 2.24) is 0 Å². The molecule has 0 radical (unpaired) electrons. The molecule has 1 N–H and O–H groups in total. The summed E-state index contributed by atoms with van der Waals surface area (Å²) in [5, 5.41) is 10.0. The summed E-state index contributed by atoms with van der Waals surface area (Å²) < 4.78 is 18.9. The zero-order valence-electron chi connectivity index (χ0n) is 10.1. The third-order valence-corrected chi connectivity index (χ3v) is 2.97. The summed E-state index contributed by atoms with van der Waals surface area (Å²) in [7, 11) is 0. The van der Waals surface area contributed by atoms with Crippen LogP contribution in [0.25, 0.3) is 0 Å². The number of hydrogen-bond donors (Lipinski definition) is 1. The van der Waals surface area contributed by atoms with E-state index in [4.69, 9.17) is 4.74 Å². The Bertz CT molecular complexity index is 346. The van der Waals surface area contributed by atoms with Crippen molar-refractivity contribution in [3.8, 4) is 5.75 Å². The minimum absolute atomic E-state index is 0.125. The molecule has 0 atom stereocenters. The molecule has 2 nitrogen and oxygen atoms in total. The van der Waals surface area contributed by atoms with Crippen LogP contribution in [0.15, 0.2) is 18.2 Å². The predicted octanol–water partition coefficient (Wildman–Crippen LogP) is 3.06. The number of benzene rings is 1. The summed E-state index contributed by atoms with van der Waals surface area (Å²) in [5.74, 6) is -0.141. The molecule has 0 heterocycles. The number of ether oxygens (including phenoxy) is 1. The first-order valence-corrected chi connectivity index (χ1v) is 5.62. The number of aryl methyl sites for hydroxylation is 1. The monoisotopic (exact) mass is 226 g/mol. The van der Waals surface area contributed by atoms with Gasteiger partial charge in [0.1, 0.15) is 6.61 Å². The molecule has 1 aromatic rings. The largest absolute Gasteiger partial charge is 0.488 e. The van der Waals surface area contributed by atoms with E-state index < -0.39 is 5.60 Å². The van der Waals surface area contributed by atoms with Gasteiger partial charge in [-0.1, -0.05) is 26.0 Å². The molecule has 0 unspecified atom stereocenters. The standard InChI is InChI=1S/C13H19FO2/c1-4-13(15,5-2)9-16-11-8-6-7-10(3)12(11)14/h6-8,15H,4-5,9H2,1-3H3. The molecule has 0 aliphatic carbocycles. The van der Waals surface area contributed by atoms with E-state index in [-0.39, 0.29) is 18.2 Å². The van der Waals surface area contributed by atoms with Crippen LogP contribution in [0.5, 0.6) is 5.75 Å². The lowest BCUT2D eigenvalue weighted by Gasteiger charge is -2.25. The normalized spacial score (nSPS) is 11.6. The first-order valence-electron chi connectivity index (χ1n) is 5.62. The first kappa shape index (κ1) is 13.0. The van der Waals surface area contributed by atoms with E-state index in [1.165, 1.54) is 0 Å². The average Bonchev–Trinajstić information content (AvgIpc) is 2.31. The summed E-state index contributed by atoms with van der Waals surface area (Å²) in [5.41, 5.74) is -0.315. The minimum Gasteiger partial charge on any atom is -0.488 e. The van der Waals surface area contributed by atoms with Gasteiger partial charge in [0.25, 0.3) is 0 Å². The van der Waals surface area contributed by atoms with Gasteiger partial charge in [-0.25, -0.2) is 4.39 Å². The van der Waals surface area contributed by atoms with Gasteiger partial charge in [-0.15, -0.1) is 0 Å². The lowest BCUT2D eigenvalue weighted by molar-refractivity contribution is -0.0123. The van der Waals surface area contributed by atoms with Crippen molar-refractivity contribution in [3.63, 3.8) is 0 Å². The zero-order valence-corrected chi connectivity index (χ0v) is 10.1. The smallest absolute Gasteiger partial charge is 0.167 e. The molecule has 0 saturated carbocycles. The summed E-state index contributed by atoms with van der Waals surface area (Å²) in [6.07, 6.45) is 1.19. The van der Waals surface area contributed by atoms with Crippen LogP contribution < -0.4 is 4.74 Å². The van der Waals surface area contributed by atoms with E-state index >= 15 is 0 Å². The highest BCUT2D eigenvalue weighted by Crippen LogP contribution is 2.22. The van der Waals surface area contributed by atoms with E-state index in [0.29, 0.717) is 18.4 Å². The number of halogens is 1. The molecule has 0 fully saturated rings. The van der Waals surface area contributed by atoms with Crippen molar-refractivity contribution in [2.75, 3.05) is 6.61 Å². The fourth-order valence-corrected chi connectivity index (χ4v) is 1.40. The fourth-order valence-electron chi connectivity index (χ4n) is 1.40. The molecule has 0 amide bonds. The SMILES string of the molecule is CCC(O)(CC)COc1cccc(C)c1F. The van der Waals surface area contributed by atoms with Crippen molar-refractivity contribution in [1.29, 1.82) is 0 Å². The molecular formula is C13H19FO2. The van der Waals surface area contributed by atoms with E-state index in [9.17, 15) is 9.50 Å². The highest BCUT2D eigenvalue weighted by Gasteiger charge is 2.23. The predicted molar refractivity (Wildman–Crippen MR) is 62.2 cm³/mol. The maximum absolute atomic E-state index is 13.6. The van der Waals surface area contributed by atoms with Crippen LogP contribution in [0, 0.1) is 12.7 Å². The highest BCUT2D eigenvalue weighted by atomic mass is 19.1. The molecule has 3 heteroatoms. The van der Waals surface area contributed by atoms with Gasteiger partial charge in [0, 0.05) is 0 Å². The molecule has 0 aromatic heterocycles. The Labute approximate surface area is 96.1 Å². The Kier molecular flexibility index (Phi) is 4.30. The summed E-state index contributed by atoms with van der Waals surface area (Å²) in [6, 6.07) is 5.01. The molecular weight excluding hydrogens is 207 g/mol. The minimum atomic E-state index is -0.865. The van der Waals surface area contributed by atoms with Crippen molar-refractivity contribution in [2.24, 2.45) is 0 Å². The fraction of sp³-hybridized carbons (Fsp3) is 0.538. The number of rotatable bonds is 5. The van der Waals surface area contributed by atoms with Gasteiger partial charge in [0.05, 0.1) is 5.60 Å². The molecule has 1 aromatic carbocycles. The zero-order chi connectivity index (χ0) is 12.2. The molecule has 0 aliphatic heterocycles. The first-order chi connectivity index (χ1) is 7.52. The topological polar surface area (TPSA) is 29.5 Å². The molecule has 90 valence electrons. The lowest BCUT2D eigenvalue weighted by Crippen LogP contribution is -2.34. The molecule has 0 aliphatic rings. The maximum Gasteiger partial charge on any atom is 0.167 e. The van der Waals surface area contributed by atoms with Crippen LogP contribution in [0.4, 0.5) is 4.39 Å². The van der Waals surface area contributed by atoms with E-state index in [1.54, 1.807) is 25.1 Å². The second kappa shape index (κ2) is 5.30. The quantitative estimate of drug-likeness (QED) is 0.836. The van der Waals surface area contributed by atoms with Crippen LogP contribution in [0.3, 0.4) is 0 Å². The summed E-state index contributed by atoms with van der Waals surface area (Å²) in [4.78, 5) is 0. The van der Waals surface area contributed by atoms with Crippen molar-refractivity contribution >= 4 is 0 Å². The molecule has 16 heavy (non-hydrogen) atoms. The van der Waals surface area contributed by atoms with Crippen molar-refractivity contribution in [2.45, 2.75) is 39.2 Å². The van der Waals surface area contributed by atoms with Gasteiger partial charge in [0.15, 0.2) is 11.6 Å². The van der Waals surface area contributed by atoms with Crippen molar-refractivity contribution < 1.29 is 14.2 Å². The lowest BCUT2D eigenvalue weighted by atomic mass is 9.99. The maximum atomic E-state index is 13.6. The molecule has 1 rings (SSSR count). The second-order valence-electron chi connectivity index (χ2n) is 4.11. The Hall–Kier alpha value is -1.09. The van der Waals surface area contributed by atoms with Gasteiger partial charge in [-0.05, 0) is 31.4 Å². The van der Waals surface area contributed by atoms with Gasteiger partial charge in [0.2, 0.25) is 0 Å². The summed E-state index contributed by atoms with van der Waals surface area (Å²) in [6.45, 7) is 5.59. The van der Waals surface area contributed by atoms with Crippen LogP contribution in [0.1, 0.15) is 32.3 Å². The van der Waals surface area contributed by atoms with E-state index in [0.717, 1.165) is 0 Å². The third kappa shape index (κ3) is 2.95. The molecule has 0 saturated heterocycles. The van der Waals surface area contributed by atoms with Crippen LogP contribution in [-0.4, -0.2) is 17.3 Å². The Morgan fingerprint density at radius 2 is 1.94 bits per heavy atom. The van der Waals surface area contributed by atoms with Crippen LogP contribution in [-0.2, 0) is 0 Å². The Balaban J connectivity index is 2.71. The average molecular weight is 226 g/mol. The van der Waals surface area contributed by atoms with E-state index in [1.807, 2.05) is 13.8 Å². The van der Waals surface area contributed by atoms with Crippen molar-refractivity contribution in [3.05, 3.63) is 29.6 Å². The molecule has 0 bridgehead atoms. The van der Waals surface area contributed by atoms with Gasteiger partial charge >= 0.3 is 0 Å². The summed E-state index contributed by atoms with van der Waals surface area (Å²) >= 11 is 0. The van der Waals surface area contributed by atoms with Gasteiger partial charge in [-0.2, -0.15) is 0 Å². The van der Waals surface area contributed by atoms with Crippen LogP contribution in [0.2, 0.25) is 0 Å². The van der Waals surface area contributed by atoms with Gasteiger partial charge in [-0.3, -0.25) is 0 Å². The van der Waals surface area contributed by atoms with Crippen LogP contribution >= 0.6 is 0 Å². The highest BCUT2D eigenvalue weighted by molar-refractivity contribution is 5.30.